The molecule has 140 valence electrons. The van der Waals surface area contributed by atoms with E-state index in [2.05, 4.69) is 15.6 Å². The highest BCUT2D eigenvalue weighted by molar-refractivity contribution is 14.0. The molecule has 3 rings (SSSR count). The van der Waals surface area contributed by atoms with Crippen LogP contribution in [-0.2, 0) is 11.3 Å². The summed E-state index contributed by atoms with van der Waals surface area (Å²) in [5, 5.41) is 6.13. The van der Waals surface area contributed by atoms with Gasteiger partial charge in [0.2, 0.25) is 0 Å². The summed E-state index contributed by atoms with van der Waals surface area (Å²) in [5.41, 5.74) is -0.728. The number of halogens is 5. The van der Waals surface area contributed by atoms with Gasteiger partial charge in [-0.05, 0) is 26.2 Å². The Morgan fingerprint density at radius 3 is 2.40 bits per heavy atom. The lowest BCUT2D eigenvalue weighted by molar-refractivity contribution is 0.0992. The van der Waals surface area contributed by atoms with Gasteiger partial charge in [0, 0.05) is 12.6 Å². The van der Waals surface area contributed by atoms with Crippen LogP contribution in [0.5, 0.6) is 0 Å². The lowest BCUT2D eigenvalue weighted by Gasteiger charge is -2.22. The van der Waals surface area contributed by atoms with Gasteiger partial charge in [-0.15, -0.1) is 24.0 Å². The van der Waals surface area contributed by atoms with Crippen LogP contribution >= 0.6 is 24.0 Å². The second-order valence-corrected chi connectivity index (χ2v) is 6.00. The number of nitrogens with one attached hydrogen (secondary N) is 2. The Bertz CT molecular complexity index is 633. The minimum absolute atomic E-state index is 0. The zero-order valence-corrected chi connectivity index (χ0v) is 16.0. The molecule has 2 saturated heterocycles. The Morgan fingerprint density at radius 2 is 1.88 bits per heavy atom. The number of nitrogens with zero attached hydrogens (tertiary/aromatic N) is 1. The van der Waals surface area contributed by atoms with Gasteiger partial charge in [-0.3, -0.25) is 0 Å². The molecule has 0 amide bonds. The number of aliphatic imine (C=N–C) groups is 1. The molecule has 3 atom stereocenters. The van der Waals surface area contributed by atoms with E-state index in [4.69, 9.17) is 4.74 Å². The van der Waals surface area contributed by atoms with Crippen LogP contribution in [0.1, 0.15) is 31.7 Å². The fourth-order valence-corrected chi connectivity index (χ4v) is 3.20. The fraction of sp³-hybridized carbons (Fsp3) is 0.562. The third-order valence-electron chi connectivity index (χ3n) is 4.37. The van der Waals surface area contributed by atoms with Crippen LogP contribution in [0.15, 0.2) is 11.1 Å². The fourth-order valence-electron chi connectivity index (χ4n) is 3.20. The molecule has 0 radical (unpaired) electrons. The Hall–Kier alpha value is -1.10. The van der Waals surface area contributed by atoms with Crippen LogP contribution in [0, 0.1) is 23.3 Å². The van der Waals surface area contributed by atoms with Gasteiger partial charge in [0.15, 0.2) is 29.2 Å². The molecule has 2 aliphatic rings. The lowest BCUT2D eigenvalue weighted by atomic mass is 9.96. The standard InChI is InChI=1S/C16H19F4N3O.HI/c1-2-21-16(23-12-5-8-3-4-13(12)24-8)22-7-9-14(19)10(17)6-11(18)15(9)20;/h6,8,12-13H,2-5,7H2,1H3,(H2,21,22,23);1H. The van der Waals surface area contributed by atoms with Crippen molar-refractivity contribution in [2.45, 2.75) is 51.0 Å². The van der Waals surface area contributed by atoms with Crippen molar-refractivity contribution in [3.8, 4) is 0 Å². The van der Waals surface area contributed by atoms with Gasteiger partial charge < -0.3 is 15.4 Å². The van der Waals surface area contributed by atoms with Crippen LogP contribution in [0.25, 0.3) is 0 Å². The quantitative estimate of drug-likeness (QED) is 0.232. The highest BCUT2D eigenvalue weighted by Crippen LogP contribution is 2.34. The third-order valence-corrected chi connectivity index (χ3v) is 4.37. The largest absolute Gasteiger partial charge is 0.373 e. The Labute approximate surface area is 160 Å². The van der Waals surface area contributed by atoms with Crippen molar-refractivity contribution in [2.24, 2.45) is 4.99 Å². The molecule has 0 aliphatic carbocycles. The molecule has 4 nitrogen and oxygen atoms in total. The molecule has 1 aromatic carbocycles. The summed E-state index contributed by atoms with van der Waals surface area (Å²) in [6, 6.07) is 0.258. The first-order chi connectivity index (χ1) is 11.5. The second kappa shape index (κ2) is 8.52. The molecule has 2 fully saturated rings. The number of fused-ring (bicyclic) bond motifs is 2. The van der Waals surface area contributed by atoms with E-state index in [1.54, 1.807) is 0 Å². The predicted octanol–water partition coefficient (Wildman–Crippen LogP) is 3.24. The second-order valence-electron chi connectivity index (χ2n) is 6.00. The number of guanidine groups is 1. The molecule has 2 N–H and O–H groups in total. The number of hydrogen-bond donors (Lipinski definition) is 2. The maximum atomic E-state index is 13.7. The van der Waals surface area contributed by atoms with Crippen LogP contribution in [0.4, 0.5) is 17.6 Å². The summed E-state index contributed by atoms with van der Waals surface area (Å²) in [5.74, 6) is -5.37. The van der Waals surface area contributed by atoms with Crippen LogP contribution in [0.3, 0.4) is 0 Å². The molecule has 25 heavy (non-hydrogen) atoms. The Kier molecular flexibility index (Phi) is 6.89. The predicted molar refractivity (Wildman–Crippen MR) is 95.9 cm³/mol. The molecule has 0 spiro atoms. The van der Waals surface area contributed by atoms with Gasteiger partial charge in [0.05, 0.1) is 30.4 Å². The Balaban J connectivity index is 0.00000225. The van der Waals surface area contributed by atoms with Crippen molar-refractivity contribution in [1.82, 2.24) is 10.6 Å². The van der Waals surface area contributed by atoms with E-state index in [1.165, 1.54) is 0 Å². The van der Waals surface area contributed by atoms with E-state index in [0.29, 0.717) is 12.5 Å². The van der Waals surface area contributed by atoms with E-state index < -0.39 is 35.4 Å². The number of rotatable bonds is 4. The highest BCUT2D eigenvalue weighted by Gasteiger charge is 2.41. The normalized spacial score (nSPS) is 25.0. The average Bonchev–Trinajstić information content (AvgIpc) is 3.16. The SMILES string of the molecule is CCNC(=NCc1c(F)c(F)cc(F)c1F)NC1CC2CCC1O2.I. The van der Waals surface area contributed by atoms with Gasteiger partial charge >= 0.3 is 0 Å². The van der Waals surface area contributed by atoms with Gasteiger partial charge in [-0.1, -0.05) is 0 Å². The molecule has 9 heteroatoms. The minimum atomic E-state index is -1.43. The summed E-state index contributed by atoms with van der Waals surface area (Å²) >= 11 is 0. The first-order valence-electron chi connectivity index (χ1n) is 8.01. The van der Waals surface area contributed by atoms with E-state index in [1.807, 2.05) is 6.92 Å². The maximum Gasteiger partial charge on any atom is 0.191 e. The van der Waals surface area contributed by atoms with Crippen molar-refractivity contribution < 1.29 is 22.3 Å². The van der Waals surface area contributed by atoms with Crippen molar-refractivity contribution in [2.75, 3.05) is 6.54 Å². The van der Waals surface area contributed by atoms with Crippen LogP contribution < -0.4 is 10.6 Å². The summed E-state index contributed by atoms with van der Waals surface area (Å²) in [4.78, 5) is 4.06. The molecule has 3 unspecified atom stereocenters. The molecule has 2 aliphatic heterocycles. The zero-order valence-electron chi connectivity index (χ0n) is 13.6. The Morgan fingerprint density at radius 1 is 1.20 bits per heavy atom. The summed E-state index contributed by atoms with van der Waals surface area (Å²) < 4.78 is 59.6. The molecule has 2 bridgehead atoms. The molecule has 1 aromatic rings. The van der Waals surface area contributed by atoms with Gasteiger partial charge in [-0.2, -0.15) is 0 Å². The van der Waals surface area contributed by atoms with Gasteiger partial charge in [0.1, 0.15) is 0 Å². The van der Waals surface area contributed by atoms with E-state index >= 15 is 0 Å². The third kappa shape index (κ3) is 4.36. The van der Waals surface area contributed by atoms with Crippen LogP contribution in [-0.4, -0.2) is 30.8 Å². The lowest BCUT2D eigenvalue weighted by Crippen LogP contribution is -2.47. The minimum Gasteiger partial charge on any atom is -0.373 e. The van der Waals surface area contributed by atoms with E-state index in [9.17, 15) is 17.6 Å². The summed E-state index contributed by atoms with van der Waals surface area (Å²) in [6.07, 6.45) is 3.17. The van der Waals surface area contributed by atoms with Crippen molar-refractivity contribution >= 4 is 29.9 Å². The van der Waals surface area contributed by atoms with Crippen molar-refractivity contribution in [1.29, 1.82) is 0 Å². The zero-order chi connectivity index (χ0) is 17.3. The average molecular weight is 473 g/mol. The summed E-state index contributed by atoms with van der Waals surface area (Å²) in [6.45, 7) is 1.87. The monoisotopic (exact) mass is 473 g/mol. The maximum absolute atomic E-state index is 13.7. The van der Waals surface area contributed by atoms with Gasteiger partial charge in [0.25, 0.3) is 0 Å². The smallest absolute Gasteiger partial charge is 0.191 e. The van der Waals surface area contributed by atoms with Crippen LogP contribution in [0.2, 0.25) is 0 Å². The number of benzene rings is 1. The first kappa shape index (κ1) is 20.2. The number of ether oxygens (including phenoxy) is 1. The van der Waals surface area contributed by atoms with Gasteiger partial charge in [-0.25, -0.2) is 22.6 Å². The van der Waals surface area contributed by atoms with Crippen molar-refractivity contribution in [3.05, 3.63) is 34.9 Å². The summed E-state index contributed by atoms with van der Waals surface area (Å²) in [7, 11) is 0. The van der Waals surface area contributed by atoms with E-state index in [0.717, 1.165) is 19.3 Å². The molecule has 0 saturated carbocycles. The molecule has 0 aromatic heterocycles. The molecule has 2 heterocycles. The van der Waals surface area contributed by atoms with Crippen molar-refractivity contribution in [3.63, 3.8) is 0 Å². The highest BCUT2D eigenvalue weighted by atomic mass is 127. The first-order valence-corrected chi connectivity index (χ1v) is 8.01. The molecular weight excluding hydrogens is 453 g/mol. The molecular formula is C16H20F4IN3O. The topological polar surface area (TPSA) is 45.7 Å². The van der Waals surface area contributed by atoms with E-state index in [-0.39, 0.29) is 48.3 Å². The number of hydrogen-bond acceptors (Lipinski definition) is 2.